The van der Waals surface area contributed by atoms with Crippen LogP contribution in [0.1, 0.15) is 16.8 Å². The number of nitrogens with zero attached hydrogens (tertiary/aromatic N) is 2. The van der Waals surface area contributed by atoms with E-state index in [1.165, 1.54) is 24.3 Å². The molecule has 0 aliphatic rings. The number of carbonyl (C=O) groups is 1. The van der Waals surface area contributed by atoms with Gasteiger partial charge in [-0.2, -0.15) is 0 Å². The van der Waals surface area contributed by atoms with Crippen molar-refractivity contribution >= 4 is 23.4 Å². The second-order valence-electron chi connectivity index (χ2n) is 5.72. The number of pyridine rings is 1. The standard InChI is InChI=1S/C22H15N3O3/c26-22(13-11-18-6-4-9-21(16-18)25(27)28)24-20-8-3-5-17(15-20)10-12-19-7-1-2-14-23-19/h1-9,11,13-16H,(H,24,26)/b13-11+. The minimum atomic E-state index is -0.477. The van der Waals surface area contributed by atoms with Crippen molar-refractivity contribution in [3.8, 4) is 11.8 Å². The third-order valence-electron chi connectivity index (χ3n) is 3.64. The predicted octanol–water partition coefficient (Wildman–Crippen LogP) is 4.04. The van der Waals surface area contributed by atoms with Gasteiger partial charge in [-0.15, -0.1) is 0 Å². The lowest BCUT2D eigenvalue weighted by molar-refractivity contribution is -0.384. The fourth-order valence-corrected chi connectivity index (χ4v) is 2.35. The van der Waals surface area contributed by atoms with Gasteiger partial charge in [-0.1, -0.05) is 30.2 Å². The first-order valence-electron chi connectivity index (χ1n) is 8.37. The zero-order chi connectivity index (χ0) is 19.8. The summed E-state index contributed by atoms with van der Waals surface area (Å²) in [5, 5.41) is 13.5. The second kappa shape index (κ2) is 8.92. The number of aromatic nitrogens is 1. The van der Waals surface area contributed by atoms with Gasteiger partial charge in [0.25, 0.3) is 5.69 Å². The highest BCUT2D eigenvalue weighted by molar-refractivity contribution is 6.02. The van der Waals surface area contributed by atoms with E-state index < -0.39 is 4.92 Å². The molecule has 136 valence electrons. The molecular formula is C22H15N3O3. The van der Waals surface area contributed by atoms with E-state index in [4.69, 9.17) is 0 Å². The van der Waals surface area contributed by atoms with Crippen molar-refractivity contribution in [2.45, 2.75) is 0 Å². The second-order valence-corrected chi connectivity index (χ2v) is 5.72. The molecule has 6 nitrogen and oxygen atoms in total. The van der Waals surface area contributed by atoms with Gasteiger partial charge in [-0.05, 0) is 47.9 Å². The zero-order valence-corrected chi connectivity index (χ0v) is 14.7. The lowest BCUT2D eigenvalue weighted by Crippen LogP contribution is -2.07. The van der Waals surface area contributed by atoms with Crippen LogP contribution in [0.3, 0.4) is 0 Å². The van der Waals surface area contributed by atoms with Crippen molar-refractivity contribution in [1.29, 1.82) is 0 Å². The SMILES string of the molecule is O=C(/C=C/c1cccc([N+](=O)[O-])c1)Nc1cccc(C#Cc2ccccn2)c1. The summed E-state index contributed by atoms with van der Waals surface area (Å²) in [4.78, 5) is 26.6. The Hall–Kier alpha value is -4.24. The third-order valence-corrected chi connectivity index (χ3v) is 3.64. The minimum absolute atomic E-state index is 0.0262. The molecule has 0 fully saturated rings. The van der Waals surface area contributed by atoms with Gasteiger partial charge in [0.05, 0.1) is 4.92 Å². The Morgan fingerprint density at radius 2 is 1.89 bits per heavy atom. The average Bonchev–Trinajstić information content (AvgIpc) is 2.72. The number of carbonyl (C=O) groups excluding carboxylic acids is 1. The number of nitro groups is 1. The molecule has 6 heteroatoms. The molecule has 3 aromatic rings. The highest BCUT2D eigenvalue weighted by atomic mass is 16.6. The first-order valence-corrected chi connectivity index (χ1v) is 8.37. The number of anilines is 1. The van der Waals surface area contributed by atoms with E-state index in [1.54, 1.807) is 36.5 Å². The van der Waals surface area contributed by atoms with Crippen LogP contribution in [-0.2, 0) is 4.79 Å². The van der Waals surface area contributed by atoms with Gasteiger partial charge in [0.2, 0.25) is 5.91 Å². The molecule has 0 radical (unpaired) electrons. The fourth-order valence-electron chi connectivity index (χ4n) is 2.35. The molecule has 0 aliphatic carbocycles. The van der Waals surface area contributed by atoms with E-state index in [2.05, 4.69) is 22.1 Å². The van der Waals surface area contributed by atoms with Crippen LogP contribution in [0.25, 0.3) is 6.08 Å². The van der Waals surface area contributed by atoms with Crippen LogP contribution in [0.5, 0.6) is 0 Å². The number of benzene rings is 2. The number of nitro benzene ring substituents is 1. The van der Waals surface area contributed by atoms with Crippen molar-refractivity contribution < 1.29 is 9.72 Å². The van der Waals surface area contributed by atoms with E-state index >= 15 is 0 Å². The monoisotopic (exact) mass is 369 g/mol. The summed E-state index contributed by atoms with van der Waals surface area (Å²) in [7, 11) is 0. The normalized spacial score (nSPS) is 10.1. The van der Waals surface area contributed by atoms with Gasteiger partial charge in [0.1, 0.15) is 5.69 Å². The molecular weight excluding hydrogens is 354 g/mol. The maximum absolute atomic E-state index is 12.1. The summed E-state index contributed by atoms with van der Waals surface area (Å²) in [6, 6.07) is 18.7. The van der Waals surface area contributed by atoms with Crippen LogP contribution in [0, 0.1) is 22.0 Å². The number of nitrogens with one attached hydrogen (secondary N) is 1. The van der Waals surface area contributed by atoms with Crippen molar-refractivity contribution in [3.05, 3.63) is 106 Å². The largest absolute Gasteiger partial charge is 0.322 e. The molecule has 1 N–H and O–H groups in total. The summed E-state index contributed by atoms with van der Waals surface area (Å²) in [5.41, 5.74) is 2.55. The molecule has 2 aromatic carbocycles. The molecule has 28 heavy (non-hydrogen) atoms. The van der Waals surface area contributed by atoms with Crippen molar-refractivity contribution in [1.82, 2.24) is 4.98 Å². The van der Waals surface area contributed by atoms with Gasteiger partial charge < -0.3 is 5.32 Å². The molecule has 1 heterocycles. The lowest BCUT2D eigenvalue weighted by Gasteiger charge is -2.02. The number of hydrogen-bond donors (Lipinski definition) is 1. The number of non-ortho nitro benzene ring substituents is 1. The Kier molecular flexibility index (Phi) is 5.91. The van der Waals surface area contributed by atoms with Gasteiger partial charge >= 0.3 is 0 Å². The molecule has 0 bridgehead atoms. The van der Waals surface area contributed by atoms with Crippen LogP contribution < -0.4 is 5.32 Å². The smallest absolute Gasteiger partial charge is 0.270 e. The van der Waals surface area contributed by atoms with E-state index in [0.717, 1.165) is 5.56 Å². The number of rotatable bonds is 4. The molecule has 0 unspecified atom stereocenters. The Bertz CT molecular complexity index is 1100. The number of hydrogen-bond acceptors (Lipinski definition) is 4. The van der Waals surface area contributed by atoms with E-state index in [-0.39, 0.29) is 11.6 Å². The first kappa shape index (κ1) is 18.5. The molecule has 3 rings (SSSR count). The van der Waals surface area contributed by atoms with E-state index in [1.807, 2.05) is 24.3 Å². The van der Waals surface area contributed by atoms with Gasteiger partial charge in [-0.25, -0.2) is 4.98 Å². The Labute approximate surface area is 161 Å². The Morgan fingerprint density at radius 1 is 1.04 bits per heavy atom. The molecule has 1 amide bonds. The third kappa shape index (κ3) is 5.38. The van der Waals surface area contributed by atoms with E-state index in [0.29, 0.717) is 16.9 Å². The van der Waals surface area contributed by atoms with Crippen LogP contribution >= 0.6 is 0 Å². The molecule has 0 aliphatic heterocycles. The summed E-state index contributed by atoms with van der Waals surface area (Å²) < 4.78 is 0. The minimum Gasteiger partial charge on any atom is -0.322 e. The van der Waals surface area contributed by atoms with Crippen molar-refractivity contribution in [3.63, 3.8) is 0 Å². The van der Waals surface area contributed by atoms with E-state index in [9.17, 15) is 14.9 Å². The summed E-state index contributed by atoms with van der Waals surface area (Å²) in [5.74, 6) is 5.62. The fraction of sp³-hybridized carbons (Fsp3) is 0. The first-order chi connectivity index (χ1) is 13.6. The van der Waals surface area contributed by atoms with Crippen LogP contribution in [0.2, 0.25) is 0 Å². The highest BCUT2D eigenvalue weighted by Gasteiger charge is 2.04. The molecule has 0 saturated heterocycles. The topological polar surface area (TPSA) is 85.1 Å². The predicted molar refractivity (Wildman–Crippen MR) is 107 cm³/mol. The summed E-state index contributed by atoms with van der Waals surface area (Å²) in [6.07, 6.45) is 4.52. The Morgan fingerprint density at radius 3 is 2.68 bits per heavy atom. The summed E-state index contributed by atoms with van der Waals surface area (Å²) in [6.45, 7) is 0. The quantitative estimate of drug-likeness (QED) is 0.325. The van der Waals surface area contributed by atoms with Crippen molar-refractivity contribution in [2.75, 3.05) is 5.32 Å². The van der Waals surface area contributed by atoms with Gasteiger partial charge in [0.15, 0.2) is 0 Å². The maximum Gasteiger partial charge on any atom is 0.270 e. The Balaban J connectivity index is 1.67. The molecule has 0 saturated carbocycles. The number of amides is 1. The molecule has 0 atom stereocenters. The van der Waals surface area contributed by atoms with Crippen LogP contribution in [-0.4, -0.2) is 15.8 Å². The van der Waals surface area contributed by atoms with Crippen LogP contribution in [0.4, 0.5) is 11.4 Å². The van der Waals surface area contributed by atoms with Crippen LogP contribution in [0.15, 0.2) is 79.0 Å². The lowest BCUT2D eigenvalue weighted by atomic mass is 10.2. The molecule has 1 aromatic heterocycles. The molecule has 0 spiro atoms. The summed E-state index contributed by atoms with van der Waals surface area (Å²) >= 11 is 0. The average molecular weight is 369 g/mol. The van der Waals surface area contributed by atoms with Gasteiger partial charge in [-0.3, -0.25) is 14.9 Å². The van der Waals surface area contributed by atoms with Crippen molar-refractivity contribution in [2.24, 2.45) is 0 Å². The highest BCUT2D eigenvalue weighted by Crippen LogP contribution is 2.14. The van der Waals surface area contributed by atoms with Gasteiger partial charge in [0, 0.05) is 35.7 Å². The maximum atomic E-state index is 12.1. The zero-order valence-electron chi connectivity index (χ0n) is 14.7.